The zero-order chi connectivity index (χ0) is 18.0. The van der Waals surface area contributed by atoms with Gasteiger partial charge in [0.2, 0.25) is 0 Å². The van der Waals surface area contributed by atoms with Crippen molar-refractivity contribution in [1.29, 1.82) is 0 Å². The molecule has 0 spiro atoms. The average molecular weight is 343 g/mol. The van der Waals surface area contributed by atoms with E-state index in [0.29, 0.717) is 31.8 Å². The highest BCUT2D eigenvalue weighted by Gasteiger charge is 2.32. The maximum Gasteiger partial charge on any atom is 0.310 e. The lowest BCUT2D eigenvalue weighted by Gasteiger charge is -2.31. The van der Waals surface area contributed by atoms with Gasteiger partial charge in [-0.3, -0.25) is 14.0 Å². The molecule has 1 fully saturated rings. The summed E-state index contributed by atoms with van der Waals surface area (Å²) in [6.45, 7) is 7.27. The van der Waals surface area contributed by atoms with Crippen LogP contribution in [0, 0.1) is 12.8 Å². The Morgan fingerprint density at radius 1 is 1.36 bits per heavy atom. The molecule has 1 unspecified atom stereocenters. The van der Waals surface area contributed by atoms with Gasteiger partial charge in [-0.15, -0.1) is 0 Å². The Labute approximate surface area is 147 Å². The highest BCUT2D eigenvalue weighted by atomic mass is 16.5. The maximum absolute atomic E-state index is 13.2. The number of carbonyl (C=O) groups is 2. The molecule has 1 aliphatic rings. The van der Waals surface area contributed by atoms with Crippen molar-refractivity contribution < 1.29 is 14.3 Å². The van der Waals surface area contributed by atoms with Crippen LogP contribution in [0.2, 0.25) is 0 Å². The average Bonchev–Trinajstić information content (AvgIpc) is 2.98. The fourth-order valence-corrected chi connectivity index (χ4v) is 3.43. The number of esters is 1. The van der Waals surface area contributed by atoms with Crippen molar-refractivity contribution in [3.8, 4) is 0 Å². The molecule has 1 aliphatic heterocycles. The molecule has 0 aromatic carbocycles. The summed E-state index contributed by atoms with van der Waals surface area (Å²) in [5.41, 5.74) is 3.31. The van der Waals surface area contributed by atoms with E-state index in [9.17, 15) is 9.59 Å². The molecule has 0 saturated carbocycles. The monoisotopic (exact) mass is 343 g/mol. The molecule has 1 amide bonds. The van der Waals surface area contributed by atoms with Crippen molar-refractivity contribution in [2.75, 3.05) is 19.7 Å². The molecule has 0 N–H and O–H groups in total. The molecule has 3 heterocycles. The van der Waals surface area contributed by atoms with Gasteiger partial charge in [-0.05, 0) is 50.8 Å². The first-order valence-corrected chi connectivity index (χ1v) is 8.98. The van der Waals surface area contributed by atoms with Gasteiger partial charge in [-0.25, -0.2) is 4.98 Å². The second-order valence-corrected chi connectivity index (χ2v) is 6.54. The number of hydrogen-bond donors (Lipinski definition) is 0. The van der Waals surface area contributed by atoms with Crippen molar-refractivity contribution in [1.82, 2.24) is 14.3 Å². The number of aryl methyl sites for hydroxylation is 2. The lowest BCUT2D eigenvalue weighted by Crippen LogP contribution is -2.43. The topological polar surface area (TPSA) is 63.9 Å². The Hall–Kier alpha value is -2.37. The number of imidazole rings is 1. The number of aromatic nitrogens is 2. The van der Waals surface area contributed by atoms with Gasteiger partial charge in [0.25, 0.3) is 5.91 Å². The summed E-state index contributed by atoms with van der Waals surface area (Å²) in [6, 6.07) is 3.95. The van der Waals surface area contributed by atoms with E-state index < -0.39 is 0 Å². The van der Waals surface area contributed by atoms with Gasteiger partial charge in [0.15, 0.2) is 0 Å². The van der Waals surface area contributed by atoms with Crippen molar-refractivity contribution in [2.45, 2.75) is 40.0 Å². The summed E-state index contributed by atoms with van der Waals surface area (Å²) in [5.74, 6) is -0.490. The van der Waals surface area contributed by atoms with Crippen molar-refractivity contribution in [2.24, 2.45) is 5.92 Å². The van der Waals surface area contributed by atoms with Gasteiger partial charge >= 0.3 is 5.97 Å². The zero-order valence-corrected chi connectivity index (χ0v) is 15.1. The Bertz CT molecular complexity index is 797. The summed E-state index contributed by atoms with van der Waals surface area (Å²) in [5, 5.41) is 0. The second-order valence-electron chi connectivity index (χ2n) is 6.54. The van der Waals surface area contributed by atoms with E-state index in [4.69, 9.17) is 4.74 Å². The normalized spacial score (nSPS) is 17.7. The molecule has 1 saturated heterocycles. The van der Waals surface area contributed by atoms with Crippen LogP contribution in [0.15, 0.2) is 18.3 Å². The minimum atomic E-state index is -0.232. The molecule has 6 nitrogen and oxygen atoms in total. The van der Waals surface area contributed by atoms with Crippen LogP contribution in [-0.2, 0) is 16.0 Å². The summed E-state index contributed by atoms with van der Waals surface area (Å²) < 4.78 is 7.00. The standard InChI is InChI=1S/C19H25N3O3/c1-4-15-17(22-10-8-13(3)11-16(22)20-15)18(23)21-9-6-7-14(12-21)19(24)25-5-2/h8,10-11,14H,4-7,9,12H2,1-3H3. The first-order valence-electron chi connectivity index (χ1n) is 8.98. The molecular formula is C19H25N3O3. The summed E-state index contributed by atoms with van der Waals surface area (Å²) in [6.07, 6.45) is 4.18. The summed E-state index contributed by atoms with van der Waals surface area (Å²) in [4.78, 5) is 31.6. The molecule has 2 aromatic rings. The van der Waals surface area contributed by atoms with E-state index in [1.807, 2.05) is 36.6 Å². The van der Waals surface area contributed by atoms with Gasteiger partial charge in [-0.2, -0.15) is 0 Å². The van der Waals surface area contributed by atoms with Crippen LogP contribution in [0.4, 0.5) is 0 Å². The number of likely N-dealkylation sites (tertiary alicyclic amines) is 1. The van der Waals surface area contributed by atoms with Gasteiger partial charge in [0, 0.05) is 19.3 Å². The van der Waals surface area contributed by atoms with Crippen LogP contribution in [-0.4, -0.2) is 45.9 Å². The third-order valence-corrected chi connectivity index (χ3v) is 4.72. The van der Waals surface area contributed by atoms with Crippen molar-refractivity contribution in [3.05, 3.63) is 35.3 Å². The van der Waals surface area contributed by atoms with Crippen LogP contribution in [0.5, 0.6) is 0 Å². The van der Waals surface area contributed by atoms with E-state index >= 15 is 0 Å². The second kappa shape index (κ2) is 7.25. The first-order chi connectivity index (χ1) is 12.0. The van der Waals surface area contributed by atoms with Gasteiger partial charge in [0.1, 0.15) is 11.3 Å². The predicted octanol–water partition coefficient (Wildman–Crippen LogP) is 2.62. The number of piperidine rings is 1. The Morgan fingerprint density at radius 2 is 2.16 bits per heavy atom. The minimum Gasteiger partial charge on any atom is -0.466 e. The van der Waals surface area contributed by atoms with Gasteiger partial charge < -0.3 is 9.64 Å². The van der Waals surface area contributed by atoms with Crippen LogP contribution >= 0.6 is 0 Å². The molecule has 134 valence electrons. The van der Waals surface area contributed by atoms with Gasteiger partial charge in [-0.1, -0.05) is 6.92 Å². The van der Waals surface area contributed by atoms with Gasteiger partial charge in [0.05, 0.1) is 18.2 Å². The smallest absolute Gasteiger partial charge is 0.310 e. The molecule has 1 atom stereocenters. The van der Waals surface area contributed by atoms with Crippen molar-refractivity contribution >= 4 is 17.5 Å². The van der Waals surface area contributed by atoms with Crippen LogP contribution in [0.3, 0.4) is 0 Å². The summed E-state index contributed by atoms with van der Waals surface area (Å²) >= 11 is 0. The van der Waals surface area contributed by atoms with E-state index in [2.05, 4.69) is 4.98 Å². The molecule has 6 heteroatoms. The molecule has 0 bridgehead atoms. The molecule has 3 rings (SSSR count). The third kappa shape index (κ3) is 3.38. The van der Waals surface area contributed by atoms with Crippen LogP contribution < -0.4 is 0 Å². The maximum atomic E-state index is 13.2. The quantitative estimate of drug-likeness (QED) is 0.801. The number of hydrogen-bond acceptors (Lipinski definition) is 4. The zero-order valence-electron chi connectivity index (χ0n) is 15.1. The minimum absolute atomic E-state index is 0.0535. The van der Waals surface area contributed by atoms with E-state index in [1.165, 1.54) is 0 Å². The lowest BCUT2D eigenvalue weighted by molar-refractivity contribution is -0.149. The number of carbonyl (C=O) groups excluding carboxylic acids is 2. The van der Waals surface area contributed by atoms with Crippen LogP contribution in [0.1, 0.15) is 48.4 Å². The van der Waals surface area contributed by atoms with E-state index in [-0.39, 0.29) is 17.8 Å². The molecule has 25 heavy (non-hydrogen) atoms. The fourth-order valence-electron chi connectivity index (χ4n) is 3.43. The number of rotatable bonds is 4. The molecule has 0 aliphatic carbocycles. The molecule has 2 aromatic heterocycles. The lowest BCUT2D eigenvalue weighted by atomic mass is 9.98. The van der Waals surface area contributed by atoms with E-state index in [1.54, 1.807) is 11.8 Å². The van der Waals surface area contributed by atoms with Crippen molar-refractivity contribution in [3.63, 3.8) is 0 Å². The Kier molecular flexibility index (Phi) is 5.06. The largest absolute Gasteiger partial charge is 0.466 e. The van der Waals surface area contributed by atoms with E-state index in [0.717, 1.165) is 29.7 Å². The highest BCUT2D eigenvalue weighted by Crippen LogP contribution is 2.22. The number of nitrogens with zero attached hydrogens (tertiary/aromatic N) is 3. The summed E-state index contributed by atoms with van der Waals surface area (Å²) in [7, 11) is 0. The number of ether oxygens (including phenoxy) is 1. The highest BCUT2D eigenvalue weighted by molar-refractivity contribution is 5.95. The number of fused-ring (bicyclic) bond motifs is 1. The van der Waals surface area contributed by atoms with Crippen LogP contribution in [0.25, 0.3) is 5.65 Å². The SMILES string of the molecule is CCOC(=O)C1CCCN(C(=O)c2c(CC)nc3cc(C)ccn23)C1. The first kappa shape index (κ1) is 17.5. The fraction of sp³-hybridized carbons (Fsp3) is 0.526. The Balaban J connectivity index is 1.90. The third-order valence-electron chi connectivity index (χ3n) is 4.72. The Morgan fingerprint density at radius 3 is 2.88 bits per heavy atom. The number of amides is 1. The molecule has 0 radical (unpaired) electrons. The number of pyridine rings is 1. The predicted molar refractivity (Wildman–Crippen MR) is 94.6 cm³/mol. The molecular weight excluding hydrogens is 318 g/mol.